The maximum atomic E-state index is 10.9. The van der Waals surface area contributed by atoms with Crippen LogP contribution < -0.4 is 0 Å². The number of aromatic carboxylic acids is 1. The van der Waals surface area contributed by atoms with Gasteiger partial charge in [0, 0.05) is 25.8 Å². The molecule has 1 fully saturated rings. The van der Waals surface area contributed by atoms with Crippen LogP contribution in [0.2, 0.25) is 0 Å². The van der Waals surface area contributed by atoms with Crippen LogP contribution in [0.1, 0.15) is 40.5 Å². The molecular formula is C20H23N3O2. The lowest BCUT2D eigenvalue weighted by atomic mass is 9.98. The van der Waals surface area contributed by atoms with Gasteiger partial charge in [-0.2, -0.15) is 5.26 Å². The number of aryl methyl sites for hydroxylation is 1. The van der Waals surface area contributed by atoms with Crippen LogP contribution in [0.3, 0.4) is 0 Å². The summed E-state index contributed by atoms with van der Waals surface area (Å²) in [5.74, 6) is -0.284. The van der Waals surface area contributed by atoms with Crippen molar-refractivity contribution < 1.29 is 9.90 Å². The first-order valence-corrected chi connectivity index (χ1v) is 8.72. The molecule has 1 N–H and O–H groups in total. The van der Waals surface area contributed by atoms with Crippen molar-refractivity contribution >= 4 is 5.97 Å². The van der Waals surface area contributed by atoms with Gasteiger partial charge in [-0.25, -0.2) is 4.79 Å². The average Bonchev–Trinajstić information content (AvgIpc) is 3.22. The van der Waals surface area contributed by atoms with Gasteiger partial charge in [0.15, 0.2) is 0 Å². The lowest BCUT2D eigenvalue weighted by Gasteiger charge is -2.15. The zero-order chi connectivity index (χ0) is 17.8. The fourth-order valence-electron chi connectivity index (χ4n) is 3.61. The fourth-order valence-corrected chi connectivity index (χ4v) is 3.61. The molecule has 0 aliphatic carbocycles. The number of hydrogen-bond acceptors (Lipinski definition) is 3. The molecule has 1 aliphatic rings. The van der Waals surface area contributed by atoms with E-state index in [0.717, 1.165) is 44.7 Å². The third-order valence-corrected chi connectivity index (χ3v) is 4.91. The van der Waals surface area contributed by atoms with Gasteiger partial charge >= 0.3 is 5.97 Å². The predicted molar refractivity (Wildman–Crippen MR) is 95.3 cm³/mol. The largest absolute Gasteiger partial charge is 0.478 e. The van der Waals surface area contributed by atoms with Gasteiger partial charge in [0.1, 0.15) is 11.8 Å². The SMILES string of the molecule is CCn1cc(CN2CC[C@H](Cc3ccc(C(=O)O)cc3)C2)cc1C#N. The second kappa shape index (κ2) is 7.54. The molecule has 1 saturated heterocycles. The summed E-state index contributed by atoms with van der Waals surface area (Å²) in [5.41, 5.74) is 3.46. The van der Waals surface area contributed by atoms with Crippen LogP contribution in [0.5, 0.6) is 0 Å². The molecule has 1 aromatic heterocycles. The lowest BCUT2D eigenvalue weighted by molar-refractivity contribution is 0.0697. The van der Waals surface area contributed by atoms with Crippen molar-refractivity contribution in [3.8, 4) is 6.07 Å². The molecule has 5 heteroatoms. The molecule has 1 atom stereocenters. The van der Waals surface area contributed by atoms with E-state index in [9.17, 15) is 4.79 Å². The van der Waals surface area contributed by atoms with Crippen molar-refractivity contribution in [3.05, 3.63) is 58.9 Å². The van der Waals surface area contributed by atoms with E-state index >= 15 is 0 Å². The molecule has 3 rings (SSSR count). The van der Waals surface area contributed by atoms with Crippen LogP contribution in [0, 0.1) is 17.2 Å². The maximum Gasteiger partial charge on any atom is 0.335 e. The van der Waals surface area contributed by atoms with Crippen molar-refractivity contribution in [2.45, 2.75) is 32.9 Å². The smallest absolute Gasteiger partial charge is 0.335 e. The van der Waals surface area contributed by atoms with Crippen LogP contribution in [0.4, 0.5) is 0 Å². The van der Waals surface area contributed by atoms with Crippen molar-refractivity contribution in [1.29, 1.82) is 5.26 Å². The van der Waals surface area contributed by atoms with Gasteiger partial charge in [0.25, 0.3) is 0 Å². The van der Waals surface area contributed by atoms with Crippen LogP contribution in [-0.2, 0) is 19.5 Å². The summed E-state index contributed by atoms with van der Waals surface area (Å²) in [6.45, 7) is 5.86. The van der Waals surface area contributed by atoms with Crippen LogP contribution in [-0.4, -0.2) is 33.6 Å². The topological polar surface area (TPSA) is 69.3 Å². The summed E-state index contributed by atoms with van der Waals surface area (Å²) in [6, 6.07) is 11.4. The Balaban J connectivity index is 1.56. The Kier molecular flexibility index (Phi) is 5.20. The number of nitriles is 1. The highest BCUT2D eigenvalue weighted by Gasteiger charge is 2.23. The number of rotatable bonds is 6. The molecule has 25 heavy (non-hydrogen) atoms. The summed E-state index contributed by atoms with van der Waals surface area (Å²) in [5, 5.41) is 18.1. The quantitative estimate of drug-likeness (QED) is 0.879. The molecule has 2 heterocycles. The second-order valence-electron chi connectivity index (χ2n) is 6.73. The minimum Gasteiger partial charge on any atom is -0.478 e. The van der Waals surface area contributed by atoms with Gasteiger partial charge in [0.05, 0.1) is 5.56 Å². The van der Waals surface area contributed by atoms with Gasteiger partial charge in [-0.15, -0.1) is 0 Å². The summed E-state index contributed by atoms with van der Waals surface area (Å²) < 4.78 is 1.99. The number of benzene rings is 1. The molecule has 130 valence electrons. The number of likely N-dealkylation sites (tertiary alicyclic amines) is 1. The van der Waals surface area contributed by atoms with Crippen molar-refractivity contribution in [2.24, 2.45) is 5.92 Å². The Morgan fingerprint density at radius 2 is 2.08 bits per heavy atom. The highest BCUT2D eigenvalue weighted by atomic mass is 16.4. The first-order valence-electron chi connectivity index (χ1n) is 8.72. The highest BCUT2D eigenvalue weighted by molar-refractivity contribution is 5.87. The number of carbonyl (C=O) groups is 1. The Labute approximate surface area is 148 Å². The minimum atomic E-state index is -0.880. The standard InChI is InChI=1S/C20H23N3O2/c1-2-23-14-17(10-19(23)11-21)13-22-8-7-16(12-22)9-15-3-5-18(6-4-15)20(24)25/h3-6,10,14,16H,2,7-9,12-13H2,1H3,(H,24,25)/t16-/m1/s1. The zero-order valence-corrected chi connectivity index (χ0v) is 14.5. The Hall–Kier alpha value is -2.58. The molecule has 0 saturated carbocycles. The number of aromatic nitrogens is 1. The zero-order valence-electron chi connectivity index (χ0n) is 14.5. The third kappa shape index (κ3) is 4.09. The van der Waals surface area contributed by atoms with Crippen molar-refractivity contribution in [2.75, 3.05) is 13.1 Å². The van der Waals surface area contributed by atoms with E-state index in [1.807, 2.05) is 29.7 Å². The number of nitrogens with zero attached hydrogens (tertiary/aromatic N) is 3. The molecule has 2 aromatic rings. The van der Waals surface area contributed by atoms with Crippen molar-refractivity contribution in [3.63, 3.8) is 0 Å². The van der Waals surface area contributed by atoms with E-state index in [0.29, 0.717) is 11.5 Å². The molecule has 5 nitrogen and oxygen atoms in total. The van der Waals surface area contributed by atoms with Crippen LogP contribution >= 0.6 is 0 Å². The number of hydrogen-bond donors (Lipinski definition) is 1. The third-order valence-electron chi connectivity index (χ3n) is 4.91. The number of carboxylic acids is 1. The van der Waals surface area contributed by atoms with E-state index in [2.05, 4.69) is 17.2 Å². The monoisotopic (exact) mass is 337 g/mol. The van der Waals surface area contributed by atoms with Crippen LogP contribution in [0.25, 0.3) is 0 Å². The van der Waals surface area contributed by atoms with E-state index in [4.69, 9.17) is 10.4 Å². The summed E-state index contributed by atoms with van der Waals surface area (Å²) in [6.07, 6.45) is 4.21. The fraction of sp³-hybridized carbons (Fsp3) is 0.400. The van der Waals surface area contributed by atoms with E-state index in [1.165, 1.54) is 11.1 Å². The first kappa shape index (κ1) is 17.2. The normalized spacial score (nSPS) is 17.5. The molecular weight excluding hydrogens is 314 g/mol. The molecule has 0 bridgehead atoms. The summed E-state index contributed by atoms with van der Waals surface area (Å²) >= 11 is 0. The van der Waals surface area contributed by atoms with E-state index in [-0.39, 0.29) is 0 Å². The summed E-state index contributed by atoms with van der Waals surface area (Å²) in [4.78, 5) is 13.4. The molecule has 1 aliphatic heterocycles. The van der Waals surface area contributed by atoms with Crippen LogP contribution in [0.15, 0.2) is 36.5 Å². The lowest BCUT2D eigenvalue weighted by Crippen LogP contribution is -2.20. The predicted octanol–water partition coefficient (Wildman–Crippen LogP) is 3.14. The minimum absolute atomic E-state index is 0.338. The highest BCUT2D eigenvalue weighted by Crippen LogP contribution is 2.23. The second-order valence-corrected chi connectivity index (χ2v) is 6.73. The first-order chi connectivity index (χ1) is 12.1. The Morgan fingerprint density at radius 3 is 2.68 bits per heavy atom. The van der Waals surface area contributed by atoms with Gasteiger partial charge in [-0.05, 0) is 61.6 Å². The molecule has 0 unspecified atom stereocenters. The Bertz CT molecular complexity index is 786. The summed E-state index contributed by atoms with van der Waals surface area (Å²) in [7, 11) is 0. The molecule has 1 aromatic carbocycles. The molecule has 0 spiro atoms. The van der Waals surface area contributed by atoms with E-state index in [1.54, 1.807) is 12.1 Å². The molecule has 0 amide bonds. The van der Waals surface area contributed by atoms with E-state index < -0.39 is 5.97 Å². The van der Waals surface area contributed by atoms with Crippen molar-refractivity contribution in [1.82, 2.24) is 9.47 Å². The molecule has 0 radical (unpaired) electrons. The van der Waals surface area contributed by atoms with Gasteiger partial charge in [-0.1, -0.05) is 12.1 Å². The van der Waals surface area contributed by atoms with Gasteiger partial charge < -0.3 is 9.67 Å². The van der Waals surface area contributed by atoms with Gasteiger partial charge in [0.2, 0.25) is 0 Å². The average molecular weight is 337 g/mol. The number of carboxylic acid groups (broad SMARTS) is 1. The van der Waals surface area contributed by atoms with Gasteiger partial charge in [-0.3, -0.25) is 4.90 Å². The Morgan fingerprint density at radius 1 is 1.32 bits per heavy atom. The maximum absolute atomic E-state index is 10.9.